The third-order valence-corrected chi connectivity index (χ3v) is 6.28. The van der Waals surface area contributed by atoms with Gasteiger partial charge >= 0.3 is 0 Å². The molecular weight excluding hydrogens is 256 g/mol. The van der Waals surface area contributed by atoms with Crippen molar-refractivity contribution >= 4 is 21.2 Å². The van der Waals surface area contributed by atoms with Gasteiger partial charge in [0.15, 0.2) is 9.84 Å². The fourth-order valence-electron chi connectivity index (χ4n) is 2.08. The normalized spacial score (nSPS) is 22.2. The highest BCUT2D eigenvalue weighted by atomic mass is 32.2. The summed E-state index contributed by atoms with van der Waals surface area (Å²) in [5.74, 6) is 0. The van der Waals surface area contributed by atoms with Gasteiger partial charge in [0, 0.05) is 11.1 Å². The predicted molar refractivity (Wildman–Crippen MR) is 70.1 cm³/mol. The minimum atomic E-state index is -3.05. The molecule has 4 nitrogen and oxygen atoms in total. The molecule has 0 bridgehead atoms. The maximum Gasteiger partial charge on any atom is 0.156 e. The van der Waals surface area contributed by atoms with Gasteiger partial charge in [0.1, 0.15) is 10.3 Å². The molecule has 1 heterocycles. The van der Waals surface area contributed by atoms with Crippen LogP contribution in [0.3, 0.4) is 0 Å². The number of hydrogen-bond acceptors (Lipinski definition) is 5. The molecule has 1 aliphatic carbocycles. The molecule has 0 saturated carbocycles. The molecule has 2 atom stereocenters. The van der Waals surface area contributed by atoms with Gasteiger partial charge in [-0.1, -0.05) is 0 Å². The highest BCUT2D eigenvalue weighted by molar-refractivity contribution is 7.91. The molecule has 0 radical (unpaired) electrons. The van der Waals surface area contributed by atoms with E-state index in [4.69, 9.17) is 0 Å². The van der Waals surface area contributed by atoms with E-state index in [1.54, 1.807) is 18.3 Å². The van der Waals surface area contributed by atoms with Crippen molar-refractivity contribution in [3.8, 4) is 0 Å². The summed E-state index contributed by atoms with van der Waals surface area (Å²) >= 11 is 1.56. The summed E-state index contributed by atoms with van der Waals surface area (Å²) < 4.78 is 23.1. The molecule has 0 aromatic carbocycles. The lowest BCUT2D eigenvalue weighted by molar-refractivity contribution is 0.489. The number of nitrogens with zero attached hydrogens (tertiary/aromatic N) is 1. The van der Waals surface area contributed by atoms with Crippen LogP contribution in [-0.4, -0.2) is 26.7 Å². The van der Waals surface area contributed by atoms with Crippen LogP contribution < -0.4 is 5.32 Å². The minimum Gasteiger partial charge on any atom is -0.312 e. The van der Waals surface area contributed by atoms with Crippen LogP contribution in [0.4, 0.5) is 0 Å². The zero-order chi connectivity index (χ0) is 12.6. The quantitative estimate of drug-likeness (QED) is 0.914. The van der Waals surface area contributed by atoms with E-state index in [1.807, 2.05) is 7.05 Å². The molecule has 96 valence electrons. The van der Waals surface area contributed by atoms with Gasteiger partial charge in [-0.2, -0.15) is 0 Å². The molecule has 2 rings (SSSR count). The van der Waals surface area contributed by atoms with Crippen LogP contribution in [0.1, 0.15) is 46.6 Å². The number of hydrogen-bond donors (Lipinski definition) is 1. The van der Waals surface area contributed by atoms with Gasteiger partial charge in [-0.3, -0.25) is 0 Å². The van der Waals surface area contributed by atoms with Crippen molar-refractivity contribution in [2.24, 2.45) is 0 Å². The highest BCUT2D eigenvalue weighted by Gasteiger charge is 2.27. The summed E-state index contributed by atoms with van der Waals surface area (Å²) in [6, 6.07) is 0.288. The lowest BCUT2D eigenvalue weighted by Crippen LogP contribution is -2.21. The number of sulfone groups is 1. The molecule has 1 N–H and O–H groups in total. The topological polar surface area (TPSA) is 59.1 Å². The van der Waals surface area contributed by atoms with Crippen LogP contribution in [0, 0.1) is 0 Å². The van der Waals surface area contributed by atoms with Crippen LogP contribution in [0.15, 0.2) is 0 Å². The molecule has 0 saturated heterocycles. The molecule has 0 spiro atoms. The van der Waals surface area contributed by atoms with Crippen molar-refractivity contribution in [2.45, 2.75) is 37.5 Å². The molecule has 0 amide bonds. The number of aryl methyl sites for hydroxylation is 1. The molecule has 0 aliphatic heterocycles. The summed E-state index contributed by atoms with van der Waals surface area (Å²) in [6.45, 7) is 1.72. The van der Waals surface area contributed by atoms with Crippen molar-refractivity contribution in [1.82, 2.24) is 10.3 Å². The van der Waals surface area contributed by atoms with Crippen LogP contribution in [-0.2, 0) is 16.3 Å². The van der Waals surface area contributed by atoms with Gasteiger partial charge in [0.25, 0.3) is 0 Å². The Balaban J connectivity index is 2.37. The molecule has 0 fully saturated rings. The van der Waals surface area contributed by atoms with Crippen molar-refractivity contribution in [3.63, 3.8) is 0 Å². The van der Waals surface area contributed by atoms with E-state index in [2.05, 4.69) is 10.3 Å². The average Bonchev–Trinajstić information content (AvgIpc) is 2.69. The van der Waals surface area contributed by atoms with Gasteiger partial charge in [0.05, 0.1) is 11.7 Å². The van der Waals surface area contributed by atoms with E-state index in [1.165, 1.54) is 11.1 Å². The van der Waals surface area contributed by atoms with Crippen LogP contribution >= 0.6 is 11.3 Å². The Morgan fingerprint density at radius 3 is 2.82 bits per heavy atom. The molecular formula is C11H18N2O2S2. The van der Waals surface area contributed by atoms with Crippen molar-refractivity contribution in [3.05, 3.63) is 15.6 Å². The summed E-state index contributed by atoms with van der Waals surface area (Å²) in [4.78, 5) is 5.80. The van der Waals surface area contributed by atoms with Gasteiger partial charge in [0.2, 0.25) is 0 Å². The first kappa shape index (κ1) is 13.0. The van der Waals surface area contributed by atoms with Crippen LogP contribution in [0.25, 0.3) is 0 Å². The Morgan fingerprint density at radius 1 is 1.53 bits per heavy atom. The first-order valence-corrected chi connectivity index (χ1v) is 8.56. The molecule has 1 aromatic rings. The Morgan fingerprint density at radius 2 is 2.24 bits per heavy atom. The number of fused-ring (bicyclic) bond motifs is 1. The molecule has 1 aliphatic rings. The first-order valence-electron chi connectivity index (χ1n) is 5.79. The number of nitrogens with one attached hydrogen (secondary N) is 1. The summed E-state index contributed by atoms with van der Waals surface area (Å²) in [6.07, 6.45) is 4.53. The van der Waals surface area contributed by atoms with Crippen molar-refractivity contribution in [1.29, 1.82) is 0 Å². The smallest absolute Gasteiger partial charge is 0.156 e. The number of thiazole rings is 1. The molecule has 1 aromatic heterocycles. The Bertz CT molecular complexity index is 508. The Labute approximate surface area is 106 Å². The third kappa shape index (κ3) is 2.53. The van der Waals surface area contributed by atoms with E-state index in [0.717, 1.165) is 30.0 Å². The monoisotopic (exact) mass is 274 g/mol. The van der Waals surface area contributed by atoms with Crippen LogP contribution in [0.2, 0.25) is 0 Å². The molecule has 17 heavy (non-hydrogen) atoms. The first-order chi connectivity index (χ1) is 7.93. The second-order valence-electron chi connectivity index (χ2n) is 4.57. The molecule has 2 unspecified atom stereocenters. The number of rotatable bonds is 3. The van der Waals surface area contributed by atoms with E-state index in [-0.39, 0.29) is 6.04 Å². The van der Waals surface area contributed by atoms with Gasteiger partial charge < -0.3 is 5.32 Å². The second kappa shape index (κ2) is 4.66. The SMILES string of the molecule is CNC1CCCc2sc(C(C)S(C)(=O)=O)nc21. The van der Waals surface area contributed by atoms with Crippen LogP contribution in [0.5, 0.6) is 0 Å². The fraction of sp³-hybridized carbons (Fsp3) is 0.727. The fourth-order valence-corrected chi connectivity index (χ4v) is 4.26. The van der Waals surface area contributed by atoms with Crippen molar-refractivity contribution in [2.75, 3.05) is 13.3 Å². The highest BCUT2D eigenvalue weighted by Crippen LogP contribution is 2.36. The van der Waals surface area contributed by atoms with E-state index < -0.39 is 15.1 Å². The summed E-state index contributed by atoms with van der Waals surface area (Å²) in [7, 11) is -1.12. The van der Waals surface area contributed by atoms with Gasteiger partial charge in [-0.05, 0) is 33.2 Å². The predicted octanol–water partition coefficient (Wildman–Crippen LogP) is 1.85. The molecule has 6 heteroatoms. The Hall–Kier alpha value is -0.460. The summed E-state index contributed by atoms with van der Waals surface area (Å²) in [5, 5.41) is 3.49. The lowest BCUT2D eigenvalue weighted by Gasteiger charge is -2.19. The zero-order valence-electron chi connectivity index (χ0n) is 10.4. The average molecular weight is 274 g/mol. The summed E-state index contributed by atoms with van der Waals surface area (Å²) in [5.41, 5.74) is 1.06. The zero-order valence-corrected chi connectivity index (χ0v) is 12.0. The van der Waals surface area contributed by atoms with Gasteiger partial charge in [-0.25, -0.2) is 13.4 Å². The van der Waals surface area contributed by atoms with E-state index in [9.17, 15) is 8.42 Å². The standard InChI is InChI=1S/C11H18N2O2S2/c1-7(17(3,14)15)11-13-10-8(12-2)5-4-6-9(10)16-11/h7-8,12H,4-6H2,1-3H3. The Kier molecular flexibility index (Phi) is 3.56. The van der Waals surface area contributed by atoms with Gasteiger partial charge in [-0.15, -0.1) is 11.3 Å². The van der Waals surface area contributed by atoms with Crippen molar-refractivity contribution < 1.29 is 8.42 Å². The lowest BCUT2D eigenvalue weighted by atomic mass is 9.98. The van der Waals surface area contributed by atoms with E-state index in [0.29, 0.717) is 0 Å². The maximum atomic E-state index is 11.5. The largest absolute Gasteiger partial charge is 0.312 e. The minimum absolute atomic E-state index is 0.288. The number of aromatic nitrogens is 1. The second-order valence-corrected chi connectivity index (χ2v) is 8.05. The van der Waals surface area contributed by atoms with E-state index >= 15 is 0 Å². The maximum absolute atomic E-state index is 11.5. The third-order valence-electron chi connectivity index (χ3n) is 3.31.